The molecule has 2 aliphatic heterocycles. The second-order valence-electron chi connectivity index (χ2n) is 2.76. The molecule has 0 unspecified atom stereocenters. The van der Waals surface area contributed by atoms with Gasteiger partial charge in [-0.2, -0.15) is 0 Å². The molecular formula is C6H8Br2N2. The van der Waals surface area contributed by atoms with Crippen LogP contribution in [0.1, 0.15) is 0 Å². The molecular weight excluding hydrogens is 260 g/mol. The Labute approximate surface area is 77.5 Å². The largest absolute Gasteiger partial charge is 0.234 e. The van der Waals surface area contributed by atoms with E-state index in [1.54, 1.807) is 11.1 Å². The molecule has 4 heteroatoms. The molecule has 0 N–H and O–H groups in total. The molecule has 56 valence electrons. The first kappa shape index (κ1) is 7.28. The standard InChI is InChI=1S/C6H8Br2N2/c7-9-1-5-2-10(8)4-6(5)3-9/h1-4H2. The lowest BCUT2D eigenvalue weighted by atomic mass is 10.2. The van der Waals surface area contributed by atoms with E-state index in [4.69, 9.17) is 0 Å². The van der Waals surface area contributed by atoms with Crippen molar-refractivity contribution in [2.24, 2.45) is 0 Å². The molecule has 0 amide bonds. The fourth-order valence-corrected chi connectivity index (χ4v) is 2.70. The molecule has 0 bridgehead atoms. The van der Waals surface area contributed by atoms with Crippen LogP contribution in [0.4, 0.5) is 0 Å². The Morgan fingerprint density at radius 3 is 1.40 bits per heavy atom. The number of rotatable bonds is 0. The number of nitrogens with zero attached hydrogens (tertiary/aromatic N) is 2. The fraction of sp³-hybridized carbons (Fsp3) is 0.667. The van der Waals surface area contributed by atoms with Crippen molar-refractivity contribution in [2.75, 3.05) is 26.2 Å². The molecule has 0 spiro atoms. The van der Waals surface area contributed by atoms with E-state index in [0.29, 0.717) is 0 Å². The highest BCUT2D eigenvalue weighted by molar-refractivity contribution is 9.07. The van der Waals surface area contributed by atoms with E-state index in [0.717, 1.165) is 26.2 Å². The van der Waals surface area contributed by atoms with Gasteiger partial charge in [-0.3, -0.25) is 0 Å². The topological polar surface area (TPSA) is 6.48 Å². The van der Waals surface area contributed by atoms with Crippen molar-refractivity contribution < 1.29 is 0 Å². The van der Waals surface area contributed by atoms with Gasteiger partial charge in [-0.05, 0) is 11.1 Å². The minimum absolute atomic E-state index is 1.09. The van der Waals surface area contributed by atoms with Gasteiger partial charge in [0, 0.05) is 58.5 Å². The summed E-state index contributed by atoms with van der Waals surface area (Å²) in [7, 11) is 0. The fourth-order valence-electron chi connectivity index (χ4n) is 1.49. The van der Waals surface area contributed by atoms with Crippen molar-refractivity contribution in [3.8, 4) is 0 Å². The van der Waals surface area contributed by atoms with E-state index in [2.05, 4.69) is 40.1 Å². The highest BCUT2D eigenvalue weighted by Gasteiger charge is 2.27. The number of halogens is 2. The first-order valence-electron chi connectivity index (χ1n) is 3.27. The smallest absolute Gasteiger partial charge is 0.0323 e. The van der Waals surface area contributed by atoms with E-state index < -0.39 is 0 Å². The normalized spacial score (nSPS) is 28.2. The molecule has 10 heavy (non-hydrogen) atoms. The summed E-state index contributed by atoms with van der Waals surface area (Å²) in [6, 6.07) is 0. The van der Waals surface area contributed by atoms with E-state index in [9.17, 15) is 0 Å². The van der Waals surface area contributed by atoms with Crippen LogP contribution in [0, 0.1) is 0 Å². The summed E-state index contributed by atoms with van der Waals surface area (Å²) in [5, 5.41) is 0. The van der Waals surface area contributed by atoms with Crippen molar-refractivity contribution >= 4 is 32.3 Å². The van der Waals surface area contributed by atoms with E-state index in [-0.39, 0.29) is 0 Å². The zero-order valence-corrected chi connectivity index (χ0v) is 8.65. The predicted molar refractivity (Wildman–Crippen MR) is 48.0 cm³/mol. The zero-order valence-electron chi connectivity index (χ0n) is 5.48. The van der Waals surface area contributed by atoms with E-state index in [1.807, 2.05) is 0 Å². The van der Waals surface area contributed by atoms with Crippen LogP contribution in [-0.4, -0.2) is 34.0 Å². The van der Waals surface area contributed by atoms with Crippen molar-refractivity contribution in [1.82, 2.24) is 7.85 Å². The van der Waals surface area contributed by atoms with Crippen LogP contribution in [0.25, 0.3) is 0 Å². The highest BCUT2D eigenvalue weighted by atomic mass is 79.9. The Kier molecular flexibility index (Phi) is 1.88. The van der Waals surface area contributed by atoms with Gasteiger partial charge in [-0.15, -0.1) is 0 Å². The summed E-state index contributed by atoms with van der Waals surface area (Å²) in [5.41, 5.74) is 3.16. The molecule has 2 heterocycles. The molecule has 0 atom stereocenters. The van der Waals surface area contributed by atoms with Gasteiger partial charge >= 0.3 is 0 Å². The number of hydrogen-bond donors (Lipinski definition) is 0. The van der Waals surface area contributed by atoms with Crippen LogP contribution < -0.4 is 0 Å². The average molecular weight is 268 g/mol. The predicted octanol–water partition coefficient (Wildman–Crippen LogP) is 1.53. The van der Waals surface area contributed by atoms with Crippen LogP contribution in [0.15, 0.2) is 11.1 Å². The lowest BCUT2D eigenvalue weighted by molar-refractivity contribution is 0.531. The Morgan fingerprint density at radius 2 is 1.10 bits per heavy atom. The van der Waals surface area contributed by atoms with Crippen molar-refractivity contribution in [3.05, 3.63) is 11.1 Å². The highest BCUT2D eigenvalue weighted by Crippen LogP contribution is 2.28. The zero-order chi connectivity index (χ0) is 7.14. The van der Waals surface area contributed by atoms with Crippen molar-refractivity contribution in [2.45, 2.75) is 0 Å². The molecule has 0 aromatic rings. The monoisotopic (exact) mass is 266 g/mol. The van der Waals surface area contributed by atoms with Crippen molar-refractivity contribution in [3.63, 3.8) is 0 Å². The molecule has 0 aromatic heterocycles. The van der Waals surface area contributed by atoms with Gasteiger partial charge in [0.25, 0.3) is 0 Å². The first-order chi connectivity index (χ1) is 4.75. The van der Waals surface area contributed by atoms with Gasteiger partial charge in [0.1, 0.15) is 0 Å². The molecule has 0 saturated heterocycles. The molecule has 0 aromatic carbocycles. The summed E-state index contributed by atoms with van der Waals surface area (Å²) in [4.78, 5) is 0. The molecule has 0 saturated carbocycles. The van der Waals surface area contributed by atoms with E-state index in [1.165, 1.54) is 0 Å². The van der Waals surface area contributed by atoms with Crippen molar-refractivity contribution in [1.29, 1.82) is 0 Å². The molecule has 2 rings (SSSR count). The summed E-state index contributed by atoms with van der Waals surface area (Å²) >= 11 is 6.94. The lowest BCUT2D eigenvalue weighted by Gasteiger charge is -2.11. The molecule has 0 radical (unpaired) electrons. The quantitative estimate of drug-likeness (QED) is 0.485. The summed E-state index contributed by atoms with van der Waals surface area (Å²) < 4.78 is 4.36. The minimum Gasteiger partial charge on any atom is -0.234 e. The van der Waals surface area contributed by atoms with E-state index >= 15 is 0 Å². The SMILES string of the molecule is BrN1CC2=C(C1)CN(Br)C2. The maximum Gasteiger partial charge on any atom is 0.0323 e. The molecule has 2 aliphatic rings. The third kappa shape index (κ3) is 1.18. The first-order valence-corrected chi connectivity index (χ1v) is 4.69. The van der Waals surface area contributed by atoms with Gasteiger partial charge in [0.15, 0.2) is 0 Å². The van der Waals surface area contributed by atoms with Gasteiger partial charge in [-0.25, -0.2) is 7.85 Å². The third-order valence-electron chi connectivity index (χ3n) is 1.95. The molecule has 2 nitrogen and oxygen atoms in total. The van der Waals surface area contributed by atoms with Crippen LogP contribution in [0.3, 0.4) is 0 Å². The van der Waals surface area contributed by atoms with Gasteiger partial charge < -0.3 is 0 Å². The third-order valence-corrected chi connectivity index (χ3v) is 2.95. The second kappa shape index (κ2) is 2.59. The summed E-state index contributed by atoms with van der Waals surface area (Å²) in [5.74, 6) is 0. The lowest BCUT2D eigenvalue weighted by Crippen LogP contribution is -2.17. The Bertz CT molecular complexity index is 154. The molecule has 0 aliphatic carbocycles. The van der Waals surface area contributed by atoms with Gasteiger partial charge in [0.2, 0.25) is 0 Å². The summed E-state index contributed by atoms with van der Waals surface area (Å²) in [6.07, 6.45) is 0. The minimum atomic E-state index is 1.09. The van der Waals surface area contributed by atoms with Crippen LogP contribution in [0.5, 0.6) is 0 Å². The molecule has 0 fully saturated rings. The maximum absolute atomic E-state index is 3.47. The van der Waals surface area contributed by atoms with Gasteiger partial charge in [0.05, 0.1) is 0 Å². The van der Waals surface area contributed by atoms with Crippen LogP contribution in [-0.2, 0) is 0 Å². The summed E-state index contributed by atoms with van der Waals surface area (Å²) in [6.45, 7) is 4.38. The van der Waals surface area contributed by atoms with Crippen LogP contribution in [0.2, 0.25) is 0 Å². The number of hydrogen-bond acceptors (Lipinski definition) is 2. The van der Waals surface area contributed by atoms with Gasteiger partial charge in [-0.1, -0.05) is 0 Å². The Balaban J connectivity index is 2.09. The average Bonchev–Trinajstić information content (AvgIpc) is 2.21. The Morgan fingerprint density at radius 1 is 0.800 bits per heavy atom. The van der Waals surface area contributed by atoms with Crippen LogP contribution >= 0.6 is 32.3 Å². The Hall–Kier alpha value is 0.620. The second-order valence-corrected chi connectivity index (χ2v) is 4.77. The maximum atomic E-state index is 3.47.